The van der Waals surface area contributed by atoms with Crippen molar-refractivity contribution >= 4 is 17.7 Å². The minimum absolute atomic E-state index is 0. The van der Waals surface area contributed by atoms with Crippen LogP contribution in [0.2, 0.25) is 0 Å². The highest BCUT2D eigenvalue weighted by atomic mass is 15.3. The summed E-state index contributed by atoms with van der Waals surface area (Å²) in [4.78, 5) is 9.95. The van der Waals surface area contributed by atoms with Crippen molar-refractivity contribution in [3.05, 3.63) is 24.5 Å². The largest absolute Gasteiger partial charge is 0.345 e. The molecule has 1 fully saturated rings. The van der Waals surface area contributed by atoms with Gasteiger partial charge in [0, 0.05) is 7.62 Å². The van der Waals surface area contributed by atoms with Gasteiger partial charge in [-0.1, -0.05) is 41.2 Å². The molecule has 3 nitrogen and oxygen atoms in total. The standard InChI is InChI=1S/C14H19N3.C2H6.H2/c1-10-9-16-12-11(5-8-15-12)17(10)14(6-7-14)13(2,3)4;1-2;/h5,8-9,15H,1,6-7H2,2-4H3;1-2H3;1H. The van der Waals surface area contributed by atoms with Crippen LogP contribution in [0.15, 0.2) is 29.5 Å². The van der Waals surface area contributed by atoms with E-state index in [1.165, 1.54) is 18.5 Å². The molecule has 1 aliphatic heterocycles. The van der Waals surface area contributed by atoms with Crippen LogP contribution < -0.4 is 4.90 Å². The summed E-state index contributed by atoms with van der Waals surface area (Å²) in [7, 11) is 0. The van der Waals surface area contributed by atoms with Crippen LogP contribution in [0.25, 0.3) is 0 Å². The average molecular weight is 261 g/mol. The first-order chi connectivity index (χ1) is 8.96. The molecule has 2 aliphatic rings. The quantitative estimate of drug-likeness (QED) is 0.765. The molecule has 106 valence electrons. The number of aliphatic imine (C=N–C) groups is 1. The van der Waals surface area contributed by atoms with Gasteiger partial charge < -0.3 is 9.88 Å². The van der Waals surface area contributed by atoms with Gasteiger partial charge in [0.15, 0.2) is 5.82 Å². The Hall–Kier alpha value is -1.51. The molecular formula is C16H27N3. The zero-order chi connectivity index (χ0) is 14.3. The second-order valence-corrected chi connectivity index (χ2v) is 6.08. The van der Waals surface area contributed by atoms with Crippen molar-refractivity contribution in [1.82, 2.24) is 4.98 Å². The van der Waals surface area contributed by atoms with Crippen molar-refractivity contribution in [1.29, 1.82) is 0 Å². The average Bonchev–Trinajstić information content (AvgIpc) is 3.03. The maximum absolute atomic E-state index is 4.39. The summed E-state index contributed by atoms with van der Waals surface area (Å²) in [5.74, 6) is 0.952. The summed E-state index contributed by atoms with van der Waals surface area (Å²) in [6.07, 6.45) is 6.28. The molecule has 0 amide bonds. The van der Waals surface area contributed by atoms with E-state index < -0.39 is 0 Å². The van der Waals surface area contributed by atoms with Crippen molar-refractivity contribution in [2.24, 2.45) is 10.4 Å². The van der Waals surface area contributed by atoms with Crippen LogP contribution in [0.3, 0.4) is 0 Å². The summed E-state index contributed by atoms with van der Waals surface area (Å²) < 4.78 is 0. The fourth-order valence-electron chi connectivity index (χ4n) is 2.92. The molecule has 1 saturated carbocycles. The summed E-state index contributed by atoms with van der Waals surface area (Å²) >= 11 is 0. The van der Waals surface area contributed by atoms with E-state index in [-0.39, 0.29) is 12.4 Å². The van der Waals surface area contributed by atoms with Crippen molar-refractivity contribution in [3.8, 4) is 0 Å². The van der Waals surface area contributed by atoms with Crippen molar-refractivity contribution in [3.63, 3.8) is 0 Å². The maximum Gasteiger partial charge on any atom is 0.154 e. The van der Waals surface area contributed by atoms with E-state index in [0.29, 0.717) is 0 Å². The van der Waals surface area contributed by atoms with E-state index in [2.05, 4.69) is 48.3 Å². The predicted octanol–water partition coefficient (Wildman–Crippen LogP) is 4.90. The van der Waals surface area contributed by atoms with Crippen molar-refractivity contribution < 1.29 is 1.43 Å². The first-order valence-corrected chi connectivity index (χ1v) is 7.16. The Morgan fingerprint density at radius 1 is 1.37 bits per heavy atom. The molecule has 2 heterocycles. The van der Waals surface area contributed by atoms with E-state index in [1.54, 1.807) is 0 Å². The van der Waals surface area contributed by atoms with Gasteiger partial charge in [-0.15, -0.1) is 0 Å². The zero-order valence-corrected chi connectivity index (χ0v) is 12.7. The smallest absolute Gasteiger partial charge is 0.154 e. The number of hydrogen-bond acceptors (Lipinski definition) is 2. The van der Waals surface area contributed by atoms with E-state index in [4.69, 9.17) is 0 Å². The molecule has 0 atom stereocenters. The summed E-state index contributed by atoms with van der Waals surface area (Å²) in [5.41, 5.74) is 2.64. The number of H-pyrrole nitrogens is 1. The highest BCUT2D eigenvalue weighted by molar-refractivity contribution is 5.93. The third-order valence-corrected chi connectivity index (χ3v) is 4.12. The van der Waals surface area contributed by atoms with E-state index in [1.807, 2.05) is 26.3 Å². The predicted molar refractivity (Wildman–Crippen MR) is 85.4 cm³/mol. The van der Waals surface area contributed by atoms with Gasteiger partial charge in [-0.05, 0) is 24.3 Å². The molecule has 0 spiro atoms. The zero-order valence-electron chi connectivity index (χ0n) is 12.7. The van der Waals surface area contributed by atoms with Crippen LogP contribution in [0.4, 0.5) is 11.5 Å². The van der Waals surface area contributed by atoms with Crippen LogP contribution in [0.1, 0.15) is 48.9 Å². The Morgan fingerprint density at radius 2 is 2.00 bits per heavy atom. The molecule has 0 aromatic carbocycles. The summed E-state index contributed by atoms with van der Waals surface area (Å²) in [6.45, 7) is 15.1. The highest BCUT2D eigenvalue weighted by Crippen LogP contribution is 2.58. The topological polar surface area (TPSA) is 31.4 Å². The highest BCUT2D eigenvalue weighted by Gasteiger charge is 2.57. The lowest BCUT2D eigenvalue weighted by atomic mass is 9.82. The molecule has 3 heteroatoms. The third-order valence-electron chi connectivity index (χ3n) is 4.12. The number of aromatic nitrogens is 1. The van der Waals surface area contributed by atoms with Crippen LogP contribution in [-0.2, 0) is 0 Å². The number of nitrogens with zero attached hydrogens (tertiary/aromatic N) is 2. The molecule has 3 rings (SSSR count). The molecule has 0 bridgehead atoms. The van der Waals surface area contributed by atoms with Crippen LogP contribution in [0.5, 0.6) is 0 Å². The number of allylic oxidation sites excluding steroid dienone is 1. The minimum Gasteiger partial charge on any atom is -0.345 e. The van der Waals surface area contributed by atoms with Gasteiger partial charge in [-0.2, -0.15) is 0 Å². The molecule has 1 N–H and O–H groups in total. The lowest BCUT2D eigenvalue weighted by molar-refractivity contribution is 0.295. The van der Waals surface area contributed by atoms with Gasteiger partial charge >= 0.3 is 0 Å². The lowest BCUT2D eigenvalue weighted by Gasteiger charge is -2.43. The SMILES string of the molecule is C=C1C=Nc2[nH]ccc2N1C1(C(C)(C)C)CC1.CC.[HH]. The fourth-order valence-corrected chi connectivity index (χ4v) is 2.92. The first kappa shape index (κ1) is 13.9. The van der Waals surface area contributed by atoms with Crippen LogP contribution >= 0.6 is 0 Å². The van der Waals surface area contributed by atoms with E-state index >= 15 is 0 Å². The van der Waals surface area contributed by atoms with Crippen LogP contribution in [-0.4, -0.2) is 16.7 Å². The summed E-state index contributed by atoms with van der Waals surface area (Å²) in [5, 5.41) is 0. The van der Waals surface area contributed by atoms with E-state index in [0.717, 1.165) is 11.5 Å². The lowest BCUT2D eigenvalue weighted by Crippen LogP contribution is -2.46. The van der Waals surface area contributed by atoms with Gasteiger partial charge in [-0.25, -0.2) is 4.99 Å². The van der Waals surface area contributed by atoms with Crippen LogP contribution in [0, 0.1) is 5.41 Å². The molecule has 19 heavy (non-hydrogen) atoms. The second-order valence-electron chi connectivity index (χ2n) is 6.08. The normalized spacial score (nSPS) is 19.6. The first-order valence-electron chi connectivity index (χ1n) is 7.16. The number of anilines is 1. The number of fused-ring (bicyclic) bond motifs is 1. The molecule has 0 unspecified atom stereocenters. The van der Waals surface area contributed by atoms with E-state index in [9.17, 15) is 0 Å². The monoisotopic (exact) mass is 261 g/mol. The Morgan fingerprint density at radius 3 is 2.53 bits per heavy atom. The third kappa shape index (κ3) is 2.01. The molecule has 1 aromatic rings. The van der Waals surface area contributed by atoms with Gasteiger partial charge in [-0.3, -0.25) is 0 Å². The van der Waals surface area contributed by atoms with Gasteiger partial charge in [0.25, 0.3) is 0 Å². The molecule has 0 radical (unpaired) electrons. The maximum atomic E-state index is 4.39. The van der Waals surface area contributed by atoms with Crippen molar-refractivity contribution in [2.75, 3.05) is 4.90 Å². The second kappa shape index (κ2) is 4.55. The van der Waals surface area contributed by atoms with Gasteiger partial charge in [0.05, 0.1) is 23.1 Å². The van der Waals surface area contributed by atoms with Crippen molar-refractivity contribution in [2.45, 2.75) is 53.0 Å². The number of nitrogens with one attached hydrogen (secondary N) is 1. The Kier molecular flexibility index (Phi) is 3.33. The van der Waals surface area contributed by atoms with Gasteiger partial charge in [0.1, 0.15) is 0 Å². The number of rotatable bonds is 1. The number of hydrogen-bond donors (Lipinski definition) is 1. The van der Waals surface area contributed by atoms with Gasteiger partial charge in [0.2, 0.25) is 0 Å². The Labute approximate surface area is 117 Å². The Balaban J connectivity index is 0.000000639. The molecule has 1 aromatic heterocycles. The number of aromatic amines is 1. The summed E-state index contributed by atoms with van der Waals surface area (Å²) in [6, 6.07) is 2.10. The molecule has 0 saturated heterocycles. The fraction of sp³-hybridized carbons (Fsp3) is 0.562. The molecular weight excluding hydrogens is 234 g/mol. The molecule has 1 aliphatic carbocycles. The minimum atomic E-state index is 0. The Bertz CT molecular complexity index is 504.